The molecule has 0 radical (unpaired) electrons. The summed E-state index contributed by atoms with van der Waals surface area (Å²) in [7, 11) is 0. The maximum absolute atomic E-state index is 7.81. The van der Waals surface area contributed by atoms with Gasteiger partial charge in [-0.25, -0.2) is 0 Å². The van der Waals surface area contributed by atoms with Gasteiger partial charge in [-0.2, -0.15) is 5.26 Å². The van der Waals surface area contributed by atoms with Gasteiger partial charge in [-0.3, -0.25) is 0 Å². The molecule has 0 unspecified atom stereocenters. The van der Waals surface area contributed by atoms with Crippen molar-refractivity contribution in [2.45, 2.75) is 0 Å². The molecule has 0 saturated heterocycles. The second-order valence-corrected chi connectivity index (χ2v) is 1.34. The predicted molar refractivity (Wildman–Crippen MR) is 34.1 cm³/mol. The minimum atomic E-state index is 0. The van der Waals surface area contributed by atoms with Gasteiger partial charge in [0.15, 0.2) is 0 Å². The van der Waals surface area contributed by atoms with Crippen LogP contribution in [-0.4, -0.2) is 57.1 Å². The van der Waals surface area contributed by atoms with E-state index in [0.717, 1.165) is 11.8 Å². The second-order valence-electron chi connectivity index (χ2n) is 0.584. The summed E-state index contributed by atoms with van der Waals surface area (Å²) in [6.07, 6.45) is 4.79. The predicted octanol–water partition coefficient (Wildman–Crippen LogP) is 0.185. The van der Waals surface area contributed by atoms with Crippen molar-refractivity contribution < 1.29 is 0 Å². The van der Waals surface area contributed by atoms with E-state index in [0.29, 0.717) is 5.75 Å². The number of nitriles is 1. The zero-order chi connectivity index (χ0) is 4.83. The Bertz CT molecular complexity index is 85.2. The molecule has 7 heavy (non-hydrogen) atoms. The van der Waals surface area contributed by atoms with Crippen LogP contribution in [0.25, 0.3) is 0 Å². The topological polar surface area (TPSA) is 23.8 Å². The molecular weight excluding hydrogens is 133 g/mol. The zero-order valence-electron chi connectivity index (χ0n) is 3.14. The SMILES string of the molecule is C#CCSC#N.[KH]. The summed E-state index contributed by atoms with van der Waals surface area (Å²) in [6, 6.07) is 0. The number of rotatable bonds is 1. The third-order valence-electron chi connectivity index (χ3n) is 0.220. The van der Waals surface area contributed by atoms with Crippen LogP contribution in [0.2, 0.25) is 0 Å². The van der Waals surface area contributed by atoms with Gasteiger partial charge in [0.2, 0.25) is 0 Å². The molecular formula is C4H4KNS. The molecule has 0 spiro atoms. The van der Waals surface area contributed by atoms with Gasteiger partial charge in [0.1, 0.15) is 5.40 Å². The van der Waals surface area contributed by atoms with Crippen LogP contribution in [0.15, 0.2) is 0 Å². The number of hydrogen-bond donors (Lipinski definition) is 0. The van der Waals surface area contributed by atoms with Crippen LogP contribution in [0.5, 0.6) is 0 Å². The fraction of sp³-hybridized carbons (Fsp3) is 0.250. The maximum atomic E-state index is 7.81. The van der Waals surface area contributed by atoms with Gasteiger partial charge in [0.05, 0.1) is 5.75 Å². The van der Waals surface area contributed by atoms with Crippen molar-refractivity contribution in [2.75, 3.05) is 5.75 Å². The fourth-order valence-electron chi connectivity index (χ4n) is 0.0739. The monoisotopic (exact) mass is 137 g/mol. The van der Waals surface area contributed by atoms with Crippen LogP contribution in [0, 0.1) is 23.0 Å². The molecule has 0 bridgehead atoms. The van der Waals surface area contributed by atoms with E-state index in [9.17, 15) is 0 Å². The first-order valence-electron chi connectivity index (χ1n) is 1.36. The van der Waals surface area contributed by atoms with Crippen LogP contribution in [-0.2, 0) is 0 Å². The van der Waals surface area contributed by atoms with Crippen molar-refractivity contribution in [1.82, 2.24) is 0 Å². The average Bonchev–Trinajstić information content (AvgIpc) is 1.61. The van der Waals surface area contributed by atoms with Crippen LogP contribution in [0.3, 0.4) is 0 Å². The molecule has 0 aromatic carbocycles. The second kappa shape index (κ2) is 10.1. The number of thiocyanates is 1. The van der Waals surface area contributed by atoms with Gasteiger partial charge in [-0.05, 0) is 11.8 Å². The molecule has 0 atom stereocenters. The van der Waals surface area contributed by atoms with Gasteiger partial charge in [-0.1, -0.05) is 5.92 Å². The Hall–Kier alpha value is 1.04. The molecule has 0 aromatic rings. The van der Waals surface area contributed by atoms with Crippen molar-refractivity contribution in [1.29, 1.82) is 5.26 Å². The third kappa shape index (κ3) is 11.0. The van der Waals surface area contributed by atoms with Crippen molar-refractivity contribution in [2.24, 2.45) is 0 Å². The minimum absolute atomic E-state index is 0. The Labute approximate surface area is 90.3 Å². The summed E-state index contributed by atoms with van der Waals surface area (Å²) < 4.78 is 0. The molecule has 0 aliphatic heterocycles. The van der Waals surface area contributed by atoms with E-state index in [-0.39, 0.29) is 51.4 Å². The molecule has 0 heterocycles. The molecule has 1 nitrogen and oxygen atoms in total. The van der Waals surface area contributed by atoms with Crippen LogP contribution in [0.1, 0.15) is 0 Å². The van der Waals surface area contributed by atoms with Gasteiger partial charge in [0.25, 0.3) is 0 Å². The van der Waals surface area contributed by atoms with Crippen molar-refractivity contribution in [3.05, 3.63) is 0 Å². The first-order chi connectivity index (χ1) is 2.91. The van der Waals surface area contributed by atoms with Crippen molar-refractivity contribution in [3.8, 4) is 17.7 Å². The van der Waals surface area contributed by atoms with Crippen molar-refractivity contribution in [3.63, 3.8) is 0 Å². The molecule has 0 saturated carbocycles. The normalized spacial score (nSPS) is 4.86. The van der Waals surface area contributed by atoms with E-state index in [1.807, 2.05) is 5.40 Å². The summed E-state index contributed by atoms with van der Waals surface area (Å²) in [4.78, 5) is 0. The van der Waals surface area contributed by atoms with Gasteiger partial charge in [0, 0.05) is 0 Å². The number of terminal acetylenes is 1. The first-order valence-corrected chi connectivity index (χ1v) is 2.34. The zero-order valence-corrected chi connectivity index (χ0v) is 3.96. The van der Waals surface area contributed by atoms with E-state index in [4.69, 9.17) is 11.7 Å². The summed E-state index contributed by atoms with van der Waals surface area (Å²) in [5.41, 5.74) is 0. The molecule has 0 rings (SSSR count). The number of hydrogen-bond acceptors (Lipinski definition) is 2. The Balaban J connectivity index is 0. The van der Waals surface area contributed by atoms with E-state index >= 15 is 0 Å². The van der Waals surface area contributed by atoms with E-state index < -0.39 is 0 Å². The fourth-order valence-corrected chi connectivity index (χ4v) is 0.222. The van der Waals surface area contributed by atoms with E-state index in [1.165, 1.54) is 0 Å². The molecule has 0 amide bonds. The average molecular weight is 137 g/mol. The third-order valence-corrected chi connectivity index (χ3v) is 0.660. The van der Waals surface area contributed by atoms with Crippen molar-refractivity contribution >= 4 is 63.1 Å². The van der Waals surface area contributed by atoms with Crippen LogP contribution in [0.4, 0.5) is 0 Å². The molecule has 0 aromatic heterocycles. The van der Waals surface area contributed by atoms with Gasteiger partial charge < -0.3 is 0 Å². The number of thioether (sulfide) groups is 1. The standard InChI is InChI=1S/C4H3NS.K.H/c1-2-3-6-4-5;;/h1H,3H2;;. The van der Waals surface area contributed by atoms with E-state index in [1.54, 1.807) is 0 Å². The van der Waals surface area contributed by atoms with Gasteiger partial charge >= 0.3 is 51.4 Å². The molecule has 3 heteroatoms. The summed E-state index contributed by atoms with van der Waals surface area (Å²) in [5, 5.41) is 9.66. The Morgan fingerprint density at radius 2 is 2.29 bits per heavy atom. The Morgan fingerprint density at radius 3 is 2.43 bits per heavy atom. The Morgan fingerprint density at radius 1 is 1.71 bits per heavy atom. The first kappa shape index (κ1) is 10.9. The summed E-state index contributed by atoms with van der Waals surface area (Å²) in [6.45, 7) is 0. The van der Waals surface area contributed by atoms with E-state index in [2.05, 4.69) is 5.92 Å². The molecule has 0 N–H and O–H groups in total. The van der Waals surface area contributed by atoms with Gasteiger partial charge in [-0.15, -0.1) is 6.42 Å². The summed E-state index contributed by atoms with van der Waals surface area (Å²) in [5.74, 6) is 2.81. The quantitative estimate of drug-likeness (QED) is 0.223. The summed E-state index contributed by atoms with van der Waals surface area (Å²) >= 11 is 1.08. The Kier molecular flexibility index (Phi) is 15.8. The molecule has 32 valence electrons. The van der Waals surface area contributed by atoms with Crippen LogP contribution < -0.4 is 0 Å². The molecule has 0 fully saturated rings. The number of nitrogens with zero attached hydrogens (tertiary/aromatic N) is 1. The molecule has 0 aliphatic rings. The van der Waals surface area contributed by atoms with Crippen LogP contribution >= 0.6 is 11.8 Å². The molecule has 0 aliphatic carbocycles.